The third-order valence-electron chi connectivity index (χ3n) is 3.87. The molecule has 0 amide bonds. The maximum absolute atomic E-state index is 4.21. The minimum absolute atomic E-state index is 0.405. The number of unbranched alkanes of at least 4 members (excludes halogenated alkanes) is 1. The van der Waals surface area contributed by atoms with E-state index in [0.717, 1.165) is 19.5 Å². The number of aromatic nitrogens is 2. The fourth-order valence-corrected chi connectivity index (χ4v) is 2.46. The van der Waals surface area contributed by atoms with Crippen LogP contribution in [0, 0.1) is 0 Å². The molecule has 0 radical (unpaired) electrons. The quantitative estimate of drug-likeness (QED) is 0.707. The lowest BCUT2D eigenvalue weighted by molar-refractivity contribution is 0.507. The van der Waals surface area contributed by atoms with Gasteiger partial charge in [-0.1, -0.05) is 37.6 Å². The van der Waals surface area contributed by atoms with E-state index in [1.54, 1.807) is 0 Å². The molecule has 1 atom stereocenters. The lowest BCUT2D eigenvalue weighted by Gasteiger charge is -2.15. The van der Waals surface area contributed by atoms with Crippen molar-refractivity contribution in [1.82, 2.24) is 15.1 Å². The van der Waals surface area contributed by atoms with E-state index in [1.165, 1.54) is 30.4 Å². The number of aryl methyl sites for hydroxylation is 2. The molecular formula is C18H27N3. The monoisotopic (exact) mass is 285 g/mol. The van der Waals surface area contributed by atoms with Crippen molar-refractivity contribution < 1.29 is 0 Å². The molecule has 21 heavy (non-hydrogen) atoms. The molecule has 0 aliphatic heterocycles. The van der Waals surface area contributed by atoms with Gasteiger partial charge in [0.25, 0.3) is 0 Å². The van der Waals surface area contributed by atoms with Crippen LogP contribution in [0.1, 0.15) is 50.3 Å². The summed E-state index contributed by atoms with van der Waals surface area (Å²) in [6.07, 6.45) is 8.67. The van der Waals surface area contributed by atoms with E-state index < -0.39 is 0 Å². The van der Waals surface area contributed by atoms with Crippen LogP contribution in [-0.4, -0.2) is 16.3 Å². The normalized spacial score (nSPS) is 12.5. The summed E-state index contributed by atoms with van der Waals surface area (Å²) in [7, 11) is 0. The minimum atomic E-state index is 0.405. The molecule has 2 aromatic rings. The summed E-state index contributed by atoms with van der Waals surface area (Å²) >= 11 is 0. The Morgan fingerprint density at radius 2 is 2.00 bits per heavy atom. The van der Waals surface area contributed by atoms with Crippen molar-refractivity contribution in [2.75, 3.05) is 6.54 Å². The first kappa shape index (κ1) is 15.8. The first-order valence-corrected chi connectivity index (χ1v) is 8.09. The predicted octanol–water partition coefficient (Wildman–Crippen LogP) is 3.97. The number of nitrogens with one attached hydrogen (secondary N) is 1. The van der Waals surface area contributed by atoms with Crippen LogP contribution in [0.5, 0.6) is 0 Å². The Hall–Kier alpha value is -1.61. The molecule has 0 aliphatic rings. The Bertz CT molecular complexity index is 488. The zero-order chi connectivity index (χ0) is 14.9. The second kappa shape index (κ2) is 8.63. The largest absolute Gasteiger partial charge is 0.310 e. The van der Waals surface area contributed by atoms with Gasteiger partial charge in [-0.15, -0.1) is 0 Å². The summed E-state index contributed by atoms with van der Waals surface area (Å²) in [5.74, 6) is 0. The van der Waals surface area contributed by atoms with Crippen LogP contribution in [0.2, 0.25) is 0 Å². The molecule has 2 rings (SSSR count). The fraction of sp³-hybridized carbons (Fsp3) is 0.500. The first-order valence-electron chi connectivity index (χ1n) is 8.09. The van der Waals surface area contributed by atoms with Gasteiger partial charge in [0.05, 0.1) is 0 Å². The fourth-order valence-electron chi connectivity index (χ4n) is 2.46. The SMILES string of the molecule is CCCCc1ccc(C(C)NCCCn2cccn2)cc1. The van der Waals surface area contributed by atoms with Gasteiger partial charge in [0.2, 0.25) is 0 Å². The maximum atomic E-state index is 4.21. The van der Waals surface area contributed by atoms with Gasteiger partial charge >= 0.3 is 0 Å². The molecule has 114 valence electrons. The lowest BCUT2D eigenvalue weighted by atomic mass is 10.0. The average Bonchev–Trinajstić information content (AvgIpc) is 3.03. The molecule has 0 aliphatic carbocycles. The summed E-state index contributed by atoms with van der Waals surface area (Å²) in [6, 6.07) is 11.4. The van der Waals surface area contributed by atoms with Crippen molar-refractivity contribution in [2.24, 2.45) is 0 Å². The standard InChI is InChI=1S/C18H27N3/c1-3-4-7-17-8-10-18(11-9-17)16(2)19-12-5-14-21-15-6-13-20-21/h6,8-11,13,15-16,19H,3-5,7,12,14H2,1-2H3. The number of hydrogen-bond donors (Lipinski definition) is 1. The molecule has 0 bridgehead atoms. The van der Waals surface area contributed by atoms with Crippen molar-refractivity contribution in [1.29, 1.82) is 0 Å². The number of hydrogen-bond acceptors (Lipinski definition) is 2. The highest BCUT2D eigenvalue weighted by molar-refractivity contribution is 5.24. The highest BCUT2D eigenvalue weighted by atomic mass is 15.3. The van der Waals surface area contributed by atoms with Crippen molar-refractivity contribution in [3.8, 4) is 0 Å². The lowest BCUT2D eigenvalue weighted by Crippen LogP contribution is -2.21. The third kappa shape index (κ3) is 5.35. The topological polar surface area (TPSA) is 29.9 Å². The first-order chi connectivity index (χ1) is 10.3. The van der Waals surface area contributed by atoms with Crippen LogP contribution in [0.25, 0.3) is 0 Å². The Kier molecular flexibility index (Phi) is 6.48. The van der Waals surface area contributed by atoms with Crippen LogP contribution >= 0.6 is 0 Å². The smallest absolute Gasteiger partial charge is 0.0489 e. The second-order valence-corrected chi connectivity index (χ2v) is 5.64. The molecule has 1 N–H and O–H groups in total. The van der Waals surface area contributed by atoms with Crippen LogP contribution in [0.15, 0.2) is 42.7 Å². The number of rotatable bonds is 9. The molecule has 3 nitrogen and oxygen atoms in total. The van der Waals surface area contributed by atoms with E-state index in [1.807, 2.05) is 23.1 Å². The van der Waals surface area contributed by atoms with Crippen molar-refractivity contribution in [2.45, 2.75) is 52.1 Å². The third-order valence-corrected chi connectivity index (χ3v) is 3.87. The summed E-state index contributed by atoms with van der Waals surface area (Å²) in [5.41, 5.74) is 2.82. The summed E-state index contributed by atoms with van der Waals surface area (Å²) in [6.45, 7) is 6.46. The number of nitrogens with zero attached hydrogens (tertiary/aromatic N) is 2. The van der Waals surface area contributed by atoms with Gasteiger partial charge in [-0.2, -0.15) is 5.10 Å². The summed E-state index contributed by atoms with van der Waals surface area (Å²) in [4.78, 5) is 0. The van der Waals surface area contributed by atoms with Crippen LogP contribution < -0.4 is 5.32 Å². The van der Waals surface area contributed by atoms with Crippen LogP contribution in [-0.2, 0) is 13.0 Å². The molecule has 1 heterocycles. The van der Waals surface area contributed by atoms with Gasteiger partial charge in [0.1, 0.15) is 0 Å². The van der Waals surface area contributed by atoms with E-state index in [-0.39, 0.29) is 0 Å². The molecule has 1 aromatic heterocycles. The molecule has 3 heteroatoms. The van der Waals surface area contributed by atoms with Gasteiger partial charge in [0.15, 0.2) is 0 Å². The molecular weight excluding hydrogens is 258 g/mol. The Labute approximate surface area is 128 Å². The highest BCUT2D eigenvalue weighted by Crippen LogP contribution is 2.14. The van der Waals surface area contributed by atoms with Crippen molar-refractivity contribution >= 4 is 0 Å². The second-order valence-electron chi connectivity index (χ2n) is 5.64. The van der Waals surface area contributed by atoms with Gasteiger partial charge in [0, 0.05) is 25.0 Å². The number of benzene rings is 1. The highest BCUT2D eigenvalue weighted by Gasteiger charge is 2.04. The van der Waals surface area contributed by atoms with E-state index in [0.29, 0.717) is 6.04 Å². The van der Waals surface area contributed by atoms with Crippen LogP contribution in [0.4, 0.5) is 0 Å². The Morgan fingerprint density at radius 3 is 2.67 bits per heavy atom. The predicted molar refractivity (Wildman–Crippen MR) is 88.3 cm³/mol. The molecule has 1 unspecified atom stereocenters. The summed E-state index contributed by atoms with van der Waals surface area (Å²) < 4.78 is 1.98. The van der Waals surface area contributed by atoms with E-state index in [2.05, 4.69) is 48.5 Å². The minimum Gasteiger partial charge on any atom is -0.310 e. The van der Waals surface area contributed by atoms with E-state index >= 15 is 0 Å². The molecule has 0 spiro atoms. The Morgan fingerprint density at radius 1 is 1.19 bits per heavy atom. The molecule has 0 fully saturated rings. The van der Waals surface area contributed by atoms with Gasteiger partial charge in [-0.25, -0.2) is 0 Å². The van der Waals surface area contributed by atoms with E-state index in [9.17, 15) is 0 Å². The van der Waals surface area contributed by atoms with Gasteiger partial charge in [-0.3, -0.25) is 4.68 Å². The molecule has 1 aromatic carbocycles. The maximum Gasteiger partial charge on any atom is 0.0489 e. The average molecular weight is 285 g/mol. The van der Waals surface area contributed by atoms with Crippen molar-refractivity contribution in [3.05, 3.63) is 53.9 Å². The van der Waals surface area contributed by atoms with Crippen LogP contribution in [0.3, 0.4) is 0 Å². The Balaban J connectivity index is 1.71. The van der Waals surface area contributed by atoms with Crippen molar-refractivity contribution in [3.63, 3.8) is 0 Å². The van der Waals surface area contributed by atoms with E-state index in [4.69, 9.17) is 0 Å². The summed E-state index contributed by atoms with van der Waals surface area (Å²) in [5, 5.41) is 7.80. The molecule has 0 saturated carbocycles. The zero-order valence-electron chi connectivity index (χ0n) is 13.3. The molecule has 0 saturated heterocycles. The van der Waals surface area contributed by atoms with Gasteiger partial charge in [-0.05, 0) is 49.9 Å². The van der Waals surface area contributed by atoms with Gasteiger partial charge < -0.3 is 5.32 Å². The zero-order valence-corrected chi connectivity index (χ0v) is 13.3.